The lowest BCUT2D eigenvalue weighted by Gasteiger charge is -2.16. The van der Waals surface area contributed by atoms with Crippen LogP contribution in [0.2, 0.25) is 5.02 Å². The van der Waals surface area contributed by atoms with Crippen LogP contribution in [0.4, 0.5) is 5.69 Å². The normalized spacial score (nSPS) is 12.4. The van der Waals surface area contributed by atoms with E-state index in [0.29, 0.717) is 154 Å². The highest BCUT2D eigenvalue weighted by Gasteiger charge is 2.33. The lowest BCUT2D eigenvalue weighted by atomic mass is 9.99. The van der Waals surface area contributed by atoms with E-state index in [-0.39, 0.29) is 154 Å². The second-order valence-electron chi connectivity index (χ2n) is 29.7. The third-order valence-electron chi connectivity index (χ3n) is 20.0. The summed E-state index contributed by atoms with van der Waals surface area (Å²) in [6.45, 7) is 12.7. The third kappa shape index (κ3) is 28.2. The fourth-order valence-corrected chi connectivity index (χ4v) is 15.0. The number of aliphatic imine (C=N–C) groups is 1. The highest BCUT2D eigenvalue weighted by Crippen LogP contribution is 2.40. The molecule has 8 heterocycles. The lowest BCUT2D eigenvalue weighted by molar-refractivity contribution is -0.122. The summed E-state index contributed by atoms with van der Waals surface area (Å²) >= 11 is 7.92. The fourth-order valence-electron chi connectivity index (χ4n) is 13.7. The number of imidazole rings is 3. The molecular weight excluding hydrogens is 1590 g/mol. The minimum atomic E-state index is -0.595. The van der Waals surface area contributed by atoms with Crippen molar-refractivity contribution in [2.24, 2.45) is 33.2 Å². The van der Waals surface area contributed by atoms with Gasteiger partial charge < -0.3 is 77.8 Å². The second kappa shape index (κ2) is 46.6. The number of nitrogens with one attached hydrogen (secondary N) is 5. The Bertz CT molecular complexity index is 5070. The zero-order chi connectivity index (χ0) is 86.3. The molecule has 1 atom stereocenters. The Morgan fingerprint density at radius 3 is 1.70 bits per heavy atom. The van der Waals surface area contributed by atoms with Gasteiger partial charge in [0, 0.05) is 163 Å². The molecule has 0 saturated carbocycles. The number of fused-ring (bicyclic) bond motifs is 3. The van der Waals surface area contributed by atoms with Gasteiger partial charge in [-0.2, -0.15) is 0 Å². The molecule has 9 aromatic rings. The number of aryl methyl sites for hydroxylation is 6. The highest BCUT2D eigenvalue weighted by molar-refractivity contribution is 7.15. The van der Waals surface area contributed by atoms with Gasteiger partial charge in [-0.25, -0.2) is 15.0 Å². The second-order valence-corrected chi connectivity index (χ2v) is 31.3. The summed E-state index contributed by atoms with van der Waals surface area (Å²) in [5.41, 5.74) is 7.31. The molecule has 2 aromatic carbocycles. The summed E-state index contributed by atoms with van der Waals surface area (Å²) in [6, 6.07) is 17.5. The van der Waals surface area contributed by atoms with E-state index < -0.39 is 11.9 Å². The number of rotatable bonds is 55. The molecule has 0 unspecified atom stereocenters. The summed E-state index contributed by atoms with van der Waals surface area (Å²) < 4.78 is 42.4. The van der Waals surface area contributed by atoms with E-state index in [1.165, 1.54) is 6.20 Å². The smallest absolute Gasteiger partial charge is 0.287 e. The minimum absolute atomic E-state index is 0.000804. The van der Waals surface area contributed by atoms with Gasteiger partial charge >= 0.3 is 0 Å². The van der Waals surface area contributed by atoms with Crippen molar-refractivity contribution in [2.45, 2.75) is 123 Å². The zero-order valence-electron chi connectivity index (χ0n) is 69.9. The average molecular weight is 1700 g/mol. The summed E-state index contributed by atoms with van der Waals surface area (Å²) in [6.07, 6.45) is 12.6. The Kier molecular flexibility index (Phi) is 35.5. The first-order valence-electron chi connectivity index (χ1n) is 40.6. The average Bonchev–Trinajstić information content (AvgIpc) is 1.59. The third-order valence-corrected chi connectivity index (χ3v) is 21.5. The molecule has 646 valence electrons. The molecule has 5 N–H and O–H groups in total. The minimum Gasteiger partial charge on any atom is -0.491 e. The van der Waals surface area contributed by atoms with Crippen LogP contribution in [-0.2, 0) is 102 Å². The van der Waals surface area contributed by atoms with Crippen LogP contribution in [0.15, 0.2) is 103 Å². The molecule has 7 aromatic heterocycles. The Morgan fingerprint density at radius 2 is 1.12 bits per heavy atom. The zero-order valence-corrected chi connectivity index (χ0v) is 71.5. The van der Waals surface area contributed by atoms with Gasteiger partial charge in [0.25, 0.3) is 5.91 Å². The largest absolute Gasteiger partial charge is 0.491 e. The van der Waals surface area contributed by atoms with Gasteiger partial charge in [-0.05, 0) is 132 Å². The number of hydrogen-bond acceptors (Lipinski definition) is 24. The molecule has 0 saturated heterocycles. The molecule has 1 aliphatic heterocycles. The predicted molar refractivity (Wildman–Crippen MR) is 453 cm³/mol. The van der Waals surface area contributed by atoms with Crippen LogP contribution in [0, 0.1) is 20.8 Å². The monoisotopic (exact) mass is 1700 g/mol. The van der Waals surface area contributed by atoms with Crippen molar-refractivity contribution in [3.8, 4) is 10.8 Å². The van der Waals surface area contributed by atoms with E-state index in [0.717, 1.165) is 57.6 Å². The Balaban J connectivity index is 0.471. The maximum Gasteiger partial charge on any atom is 0.287 e. The van der Waals surface area contributed by atoms with E-state index in [1.54, 1.807) is 125 Å². The number of carbonyl (C=O) groups excluding carboxylic acids is 10. The maximum atomic E-state index is 13.6. The number of carbonyl (C=O) groups is 10. The number of halogens is 1. The maximum absolute atomic E-state index is 13.6. The Morgan fingerprint density at radius 1 is 0.554 bits per heavy atom. The Hall–Kier alpha value is -11.1. The number of ether oxygens (including phenoxy) is 6. The van der Waals surface area contributed by atoms with E-state index >= 15 is 0 Å². The molecule has 0 aliphatic carbocycles. The molecule has 4 amide bonds. The number of amides is 4. The number of benzene rings is 2. The number of aromatic nitrogens is 11. The number of hydrogen-bond donors (Lipinski definition) is 5. The number of H-pyrrole nitrogens is 1. The van der Waals surface area contributed by atoms with Crippen molar-refractivity contribution >= 4 is 92.7 Å². The van der Waals surface area contributed by atoms with Crippen molar-refractivity contribution < 1.29 is 76.4 Å². The van der Waals surface area contributed by atoms with Crippen LogP contribution in [-0.4, -0.2) is 234 Å². The number of nitrogens with zero attached hydrogens (tertiary/aromatic N) is 12. The number of aromatic amines is 1. The molecule has 0 radical (unpaired) electrons. The van der Waals surface area contributed by atoms with Gasteiger partial charge in [0.1, 0.15) is 40.8 Å². The molecule has 1 aliphatic rings. The van der Waals surface area contributed by atoms with E-state index in [9.17, 15) is 47.9 Å². The van der Waals surface area contributed by atoms with Crippen molar-refractivity contribution in [3.63, 3.8) is 0 Å². The van der Waals surface area contributed by atoms with Gasteiger partial charge in [0.15, 0.2) is 34.9 Å². The molecular formula is C86H108ClN17O16S. The summed E-state index contributed by atoms with van der Waals surface area (Å²) in [5, 5.41) is 22.0. The fraction of sp³-hybridized carbons (Fsp3) is 0.465. The van der Waals surface area contributed by atoms with E-state index in [2.05, 4.69) is 70.1 Å². The molecule has 0 bridgehead atoms. The summed E-state index contributed by atoms with van der Waals surface area (Å²) in [4.78, 5) is 154. The molecule has 33 nitrogen and oxygen atoms in total. The van der Waals surface area contributed by atoms with Crippen LogP contribution in [0.3, 0.4) is 0 Å². The van der Waals surface area contributed by atoms with Crippen LogP contribution < -0.4 is 26.0 Å². The van der Waals surface area contributed by atoms with Crippen LogP contribution in [0.5, 0.6) is 5.75 Å². The van der Waals surface area contributed by atoms with Crippen molar-refractivity contribution in [1.29, 1.82) is 0 Å². The van der Waals surface area contributed by atoms with Gasteiger partial charge in [0.2, 0.25) is 29.3 Å². The number of thiophene rings is 1. The topological polar surface area (TPSA) is 395 Å². The standard InChI is InChI=1S/C86H108ClN17O16S/c1-56-57(2)121-86-79(56)80(61-17-19-62(87)20-18-61)96-69(82-98-97-58(3)104(82)86)51-78(113)93-63-21-23-68(24-22-63)120-44-43-119-42-41-118-40-39-117-38-37-116-36-35-115-34-26-77(112)89-28-12-32-99(4)31-11-27-88-76(111)25-29-91-85(114)81-92-52-64(94-81)49-66(105)13-9-15-72(107)71-46-60(54-102(71)7)48-75(110)84-95-65(55-103(84)8)50-67(106)14-10-16-73(108)70-45-59(53-101(70)6)47-74(109)83-90-30-33-100(83)5/h17-24,30,33,45-46,52-55,69H,9-16,25-29,31-32,34-44,47-51H2,1-8H3,(H,88,111)(H,89,112)(H,91,114)(H,92,94)(H,93,113)/t69-/m0/s1. The summed E-state index contributed by atoms with van der Waals surface area (Å²) in [5.74, 6) is 0.268. The molecule has 35 heteroatoms. The lowest BCUT2D eigenvalue weighted by Crippen LogP contribution is -2.33. The first kappa shape index (κ1) is 92.2. The van der Waals surface area contributed by atoms with Crippen molar-refractivity contribution in [2.75, 3.05) is 118 Å². The van der Waals surface area contributed by atoms with Gasteiger partial charge in [-0.15, -0.1) is 21.5 Å². The molecule has 121 heavy (non-hydrogen) atoms. The molecule has 0 spiro atoms. The quantitative estimate of drug-likeness (QED) is 0.0176. The highest BCUT2D eigenvalue weighted by atomic mass is 35.5. The number of Topliss-reactive ketones (excluding diaryl/α,β-unsaturated/α-hetero) is 6. The molecule has 0 fully saturated rings. The first-order chi connectivity index (χ1) is 58.3. The SMILES string of the molecule is Cc1sc2c(c1C)C(c1ccc(Cl)cc1)=N[C@@H](CC(=O)Nc1ccc(OCCOCCOCCOCCOCCOCCC(=O)NCCCN(C)CCCNC(=O)CCNC(=O)c3nc(CC(=O)CCCC(=O)c4cc(CC(=O)c5nc(CC(=O)CCCC(=O)c6cc(CC(=O)c7nccn7C)cn6C)cn5C)cn4C)c[nH]3)cc1)c1nnc(C)n1-2. The van der Waals surface area contributed by atoms with Gasteiger partial charge in [-0.3, -0.25) is 57.5 Å². The Labute approximate surface area is 711 Å². The van der Waals surface area contributed by atoms with Crippen LogP contribution in [0.25, 0.3) is 5.00 Å². The molecule has 10 rings (SSSR count). The first-order valence-corrected chi connectivity index (χ1v) is 41.8. The summed E-state index contributed by atoms with van der Waals surface area (Å²) in [7, 11) is 8.82. The predicted octanol–water partition coefficient (Wildman–Crippen LogP) is 8.49. The van der Waals surface area contributed by atoms with E-state index in [4.69, 9.17) is 45.0 Å². The van der Waals surface area contributed by atoms with Crippen LogP contribution in [0.1, 0.15) is 185 Å². The van der Waals surface area contributed by atoms with Gasteiger partial charge in [0.05, 0.1) is 114 Å². The van der Waals surface area contributed by atoms with Crippen LogP contribution >= 0.6 is 22.9 Å². The number of anilines is 1. The number of ketones is 6. The van der Waals surface area contributed by atoms with Crippen molar-refractivity contribution in [3.05, 3.63) is 187 Å². The van der Waals surface area contributed by atoms with E-state index in [1.807, 2.05) is 42.8 Å². The van der Waals surface area contributed by atoms with Gasteiger partial charge in [-0.1, -0.05) is 23.7 Å². The van der Waals surface area contributed by atoms with Crippen molar-refractivity contribution in [1.82, 2.24) is 73.8 Å².